The van der Waals surface area contributed by atoms with Crippen LogP contribution in [0.3, 0.4) is 0 Å². The number of carbonyl (C=O) groups is 1. The molecule has 0 unspecified atom stereocenters. The molecule has 0 aliphatic carbocycles. The van der Waals surface area contributed by atoms with Crippen LogP contribution in [0.15, 0.2) is 67.1 Å². The highest BCUT2D eigenvalue weighted by atomic mass is 35.5. The predicted octanol–water partition coefficient (Wildman–Crippen LogP) is 4.95. The molecule has 0 saturated heterocycles. The van der Waals surface area contributed by atoms with E-state index in [2.05, 4.69) is 15.3 Å². The van der Waals surface area contributed by atoms with Gasteiger partial charge in [-0.2, -0.15) is 0 Å². The van der Waals surface area contributed by atoms with Crippen molar-refractivity contribution in [2.24, 2.45) is 0 Å². The summed E-state index contributed by atoms with van der Waals surface area (Å²) >= 11 is 5.72. The molecule has 5 nitrogen and oxygen atoms in total. The number of amides is 1. The molecule has 142 valence electrons. The van der Waals surface area contributed by atoms with Crippen LogP contribution in [-0.2, 0) is 4.79 Å². The van der Waals surface area contributed by atoms with Gasteiger partial charge in [0.05, 0.1) is 12.2 Å². The second kappa shape index (κ2) is 9.10. The van der Waals surface area contributed by atoms with E-state index in [4.69, 9.17) is 16.3 Å². The Kier molecular flexibility index (Phi) is 6.34. The Bertz CT molecular complexity index is 996. The molecule has 0 bridgehead atoms. The van der Waals surface area contributed by atoms with Crippen molar-refractivity contribution in [1.29, 1.82) is 0 Å². The van der Waals surface area contributed by atoms with E-state index in [1.165, 1.54) is 36.7 Å². The molecule has 0 aliphatic heterocycles. The van der Waals surface area contributed by atoms with Crippen LogP contribution in [0, 0.1) is 5.82 Å². The number of benzene rings is 2. The normalized spacial score (nSPS) is 12.0. The van der Waals surface area contributed by atoms with Gasteiger partial charge in [0.15, 0.2) is 0 Å². The molecule has 0 spiro atoms. The zero-order chi connectivity index (χ0) is 19.9. The molecule has 3 aromatic rings. The molecular weight excluding hydrogens is 381 g/mol. The smallest absolute Gasteiger partial charge is 0.244 e. The van der Waals surface area contributed by atoms with Crippen molar-refractivity contribution in [1.82, 2.24) is 15.3 Å². The molecule has 0 fully saturated rings. The van der Waals surface area contributed by atoms with Gasteiger partial charge in [0.2, 0.25) is 11.8 Å². The van der Waals surface area contributed by atoms with E-state index < -0.39 is 5.82 Å². The molecule has 1 amide bonds. The summed E-state index contributed by atoms with van der Waals surface area (Å²) in [6.45, 7) is 1.84. The summed E-state index contributed by atoms with van der Waals surface area (Å²) in [7, 11) is 0. The van der Waals surface area contributed by atoms with Crippen LogP contribution >= 0.6 is 11.6 Å². The summed E-state index contributed by atoms with van der Waals surface area (Å²) in [4.78, 5) is 20.2. The number of carbonyl (C=O) groups excluding carboxylic acids is 1. The predicted molar refractivity (Wildman–Crippen MR) is 106 cm³/mol. The first-order chi connectivity index (χ1) is 13.5. The van der Waals surface area contributed by atoms with Crippen LogP contribution in [0.4, 0.5) is 4.39 Å². The van der Waals surface area contributed by atoms with Gasteiger partial charge in [0.25, 0.3) is 0 Å². The van der Waals surface area contributed by atoms with Gasteiger partial charge in [-0.1, -0.05) is 29.8 Å². The lowest BCUT2D eigenvalue weighted by atomic mass is 10.1. The van der Waals surface area contributed by atoms with Crippen molar-refractivity contribution in [2.45, 2.75) is 13.0 Å². The number of aromatic nitrogens is 2. The number of hydrogen-bond donors (Lipinski definition) is 1. The molecule has 3 rings (SSSR count). The Morgan fingerprint density at radius 2 is 2.11 bits per heavy atom. The standard InChI is InChI=1S/C21H17ClFN3O2/c1-14(26-20(27)8-6-15-5-7-17(22)12-19(15)23)16-3-2-4-18(11-16)28-21-13-24-9-10-25-21/h2-14H,1H3,(H,26,27)/t14-/m0/s1. The molecule has 28 heavy (non-hydrogen) atoms. The third kappa shape index (κ3) is 5.37. The molecular formula is C21H17ClFN3O2. The van der Waals surface area contributed by atoms with E-state index >= 15 is 0 Å². The number of rotatable bonds is 6. The fourth-order valence-corrected chi connectivity index (χ4v) is 2.61. The second-order valence-corrected chi connectivity index (χ2v) is 6.38. The highest BCUT2D eigenvalue weighted by Crippen LogP contribution is 2.23. The van der Waals surface area contributed by atoms with E-state index in [0.29, 0.717) is 16.7 Å². The summed E-state index contributed by atoms with van der Waals surface area (Å²) in [5.74, 6) is 0.127. The Hall–Kier alpha value is -3.25. The SMILES string of the molecule is C[C@H](NC(=O)C=Cc1ccc(Cl)cc1F)c1cccc(Oc2cnccn2)c1. The van der Waals surface area contributed by atoms with Gasteiger partial charge in [0, 0.05) is 29.1 Å². The molecule has 1 aromatic heterocycles. The van der Waals surface area contributed by atoms with E-state index in [-0.39, 0.29) is 17.5 Å². The Morgan fingerprint density at radius 1 is 1.25 bits per heavy atom. The lowest BCUT2D eigenvalue weighted by Gasteiger charge is -2.14. The fraction of sp³-hybridized carbons (Fsp3) is 0.0952. The third-order valence-electron chi connectivity index (χ3n) is 3.86. The maximum atomic E-state index is 13.8. The molecule has 2 aromatic carbocycles. The zero-order valence-electron chi connectivity index (χ0n) is 15.0. The molecule has 1 heterocycles. The highest BCUT2D eigenvalue weighted by molar-refractivity contribution is 6.30. The number of hydrogen-bond acceptors (Lipinski definition) is 4. The largest absolute Gasteiger partial charge is 0.437 e. The van der Waals surface area contributed by atoms with Crippen LogP contribution in [-0.4, -0.2) is 15.9 Å². The van der Waals surface area contributed by atoms with Crippen molar-refractivity contribution in [3.63, 3.8) is 0 Å². The van der Waals surface area contributed by atoms with Crippen LogP contribution in [0.2, 0.25) is 5.02 Å². The van der Waals surface area contributed by atoms with E-state index in [9.17, 15) is 9.18 Å². The van der Waals surface area contributed by atoms with Gasteiger partial charge in [-0.15, -0.1) is 0 Å². The quantitative estimate of drug-likeness (QED) is 0.597. The molecule has 0 aliphatic rings. The highest BCUT2D eigenvalue weighted by Gasteiger charge is 2.09. The Balaban J connectivity index is 1.63. The first-order valence-electron chi connectivity index (χ1n) is 8.49. The first-order valence-corrected chi connectivity index (χ1v) is 8.86. The topological polar surface area (TPSA) is 64.1 Å². The molecule has 7 heteroatoms. The van der Waals surface area contributed by atoms with Gasteiger partial charge in [-0.25, -0.2) is 9.37 Å². The van der Waals surface area contributed by atoms with Crippen LogP contribution in [0.1, 0.15) is 24.1 Å². The maximum absolute atomic E-state index is 13.8. The van der Waals surface area contributed by atoms with Crippen molar-refractivity contribution in [3.05, 3.63) is 89.1 Å². The summed E-state index contributed by atoms with van der Waals surface area (Å²) < 4.78 is 19.4. The van der Waals surface area contributed by atoms with Crippen LogP contribution in [0.25, 0.3) is 6.08 Å². The second-order valence-electron chi connectivity index (χ2n) is 5.95. The monoisotopic (exact) mass is 397 g/mol. The van der Waals surface area contributed by atoms with Crippen molar-refractivity contribution in [2.75, 3.05) is 0 Å². The fourth-order valence-electron chi connectivity index (χ4n) is 2.45. The summed E-state index contributed by atoms with van der Waals surface area (Å²) in [6, 6.07) is 11.3. The molecule has 0 radical (unpaired) electrons. The minimum atomic E-state index is -0.488. The first kappa shape index (κ1) is 19.5. The lowest BCUT2D eigenvalue weighted by Crippen LogP contribution is -2.24. The van der Waals surface area contributed by atoms with Gasteiger partial charge < -0.3 is 10.1 Å². The number of nitrogens with zero attached hydrogens (tertiary/aromatic N) is 2. The lowest BCUT2D eigenvalue weighted by molar-refractivity contribution is -0.117. The van der Waals surface area contributed by atoms with Gasteiger partial charge in [0.1, 0.15) is 11.6 Å². The Labute approximate surface area is 166 Å². The van der Waals surface area contributed by atoms with Gasteiger partial charge in [-0.3, -0.25) is 9.78 Å². The van der Waals surface area contributed by atoms with Gasteiger partial charge in [-0.05, 0) is 42.8 Å². The molecule has 1 N–H and O–H groups in total. The Morgan fingerprint density at radius 3 is 2.86 bits per heavy atom. The van der Waals surface area contributed by atoms with E-state index in [1.807, 2.05) is 25.1 Å². The van der Waals surface area contributed by atoms with Gasteiger partial charge >= 0.3 is 0 Å². The average Bonchev–Trinajstić information content (AvgIpc) is 2.68. The summed E-state index contributed by atoms with van der Waals surface area (Å²) in [5, 5.41) is 3.13. The van der Waals surface area contributed by atoms with Crippen LogP contribution < -0.4 is 10.1 Å². The minimum absolute atomic E-state index is 0.280. The average molecular weight is 398 g/mol. The summed E-state index contributed by atoms with van der Waals surface area (Å²) in [6.07, 6.45) is 7.30. The zero-order valence-corrected chi connectivity index (χ0v) is 15.7. The molecule has 0 saturated carbocycles. The van der Waals surface area contributed by atoms with Crippen LogP contribution in [0.5, 0.6) is 11.6 Å². The minimum Gasteiger partial charge on any atom is -0.437 e. The number of ether oxygens (including phenoxy) is 1. The molecule has 1 atom stereocenters. The van der Waals surface area contributed by atoms with E-state index in [1.54, 1.807) is 18.3 Å². The number of halogens is 2. The van der Waals surface area contributed by atoms with E-state index in [0.717, 1.165) is 5.56 Å². The third-order valence-corrected chi connectivity index (χ3v) is 4.09. The summed E-state index contributed by atoms with van der Waals surface area (Å²) in [5.41, 5.74) is 1.13. The van der Waals surface area contributed by atoms with Crippen molar-refractivity contribution < 1.29 is 13.9 Å². The number of nitrogens with one attached hydrogen (secondary N) is 1. The maximum Gasteiger partial charge on any atom is 0.244 e. The van der Waals surface area contributed by atoms with Crippen molar-refractivity contribution >= 4 is 23.6 Å². The van der Waals surface area contributed by atoms with Crippen molar-refractivity contribution in [3.8, 4) is 11.6 Å².